The highest BCUT2D eigenvalue weighted by atomic mass is 16.5. The van der Waals surface area contributed by atoms with Crippen molar-refractivity contribution in [2.45, 2.75) is 6.92 Å². The van der Waals surface area contributed by atoms with Gasteiger partial charge >= 0.3 is 0 Å². The Morgan fingerprint density at radius 1 is 1.03 bits per heavy atom. The number of nitrogens with zero attached hydrogens (tertiary/aromatic N) is 2. The van der Waals surface area contributed by atoms with Crippen LogP contribution in [0, 0.1) is 0 Å². The number of Topliss-reactive ketones (excluding diaryl/α,β-unsaturated/α-hetero) is 1. The first-order chi connectivity index (χ1) is 16.0. The number of piperazine rings is 1. The molecular weight excluding hydrogens is 424 g/mol. The average molecular weight is 453 g/mol. The molecule has 2 aromatic rings. The van der Waals surface area contributed by atoms with Crippen molar-refractivity contribution in [1.82, 2.24) is 9.80 Å². The number of fused-ring (bicyclic) bond motifs is 1. The van der Waals surface area contributed by atoms with E-state index in [4.69, 9.17) is 18.9 Å². The second-order valence-electron chi connectivity index (χ2n) is 7.81. The van der Waals surface area contributed by atoms with Crippen LogP contribution in [-0.2, 0) is 4.79 Å². The number of ketones is 1. The highest BCUT2D eigenvalue weighted by Crippen LogP contribution is 2.36. The zero-order valence-electron chi connectivity index (χ0n) is 19.1. The Labute approximate surface area is 193 Å². The van der Waals surface area contributed by atoms with Crippen LogP contribution in [0.4, 0.5) is 0 Å². The van der Waals surface area contributed by atoms with E-state index >= 15 is 0 Å². The summed E-state index contributed by atoms with van der Waals surface area (Å²) in [5.41, 5.74) is 1.11. The summed E-state index contributed by atoms with van der Waals surface area (Å²) in [6, 6.07) is 10.3. The highest BCUT2D eigenvalue weighted by molar-refractivity contribution is 6.14. The minimum absolute atomic E-state index is 0.0473. The van der Waals surface area contributed by atoms with E-state index in [0.717, 1.165) is 19.6 Å². The lowest BCUT2D eigenvalue weighted by Crippen LogP contribution is -2.49. The molecular formula is C25H28N2O6. The molecule has 8 nitrogen and oxygen atoms in total. The molecule has 1 saturated heterocycles. The summed E-state index contributed by atoms with van der Waals surface area (Å²) >= 11 is 0. The van der Waals surface area contributed by atoms with E-state index in [1.54, 1.807) is 56.7 Å². The SMILES string of the molecule is CCN1CCN(C(=O)COc2ccc3c(c2)OC(=Cc2cc(OC)ccc2OC)C3=O)CC1. The molecule has 0 aromatic heterocycles. The number of hydrogen-bond acceptors (Lipinski definition) is 7. The number of likely N-dealkylation sites (N-methyl/N-ethyl adjacent to an activating group) is 1. The van der Waals surface area contributed by atoms with Gasteiger partial charge in [-0.25, -0.2) is 0 Å². The monoisotopic (exact) mass is 452 g/mol. The van der Waals surface area contributed by atoms with E-state index in [1.165, 1.54) is 0 Å². The lowest BCUT2D eigenvalue weighted by molar-refractivity contribution is -0.135. The van der Waals surface area contributed by atoms with Crippen molar-refractivity contribution in [2.24, 2.45) is 0 Å². The number of hydrogen-bond donors (Lipinski definition) is 0. The Bertz CT molecular complexity index is 1070. The molecule has 0 spiro atoms. The fraction of sp³-hybridized carbons (Fsp3) is 0.360. The third kappa shape index (κ3) is 4.96. The zero-order chi connectivity index (χ0) is 23.4. The fourth-order valence-corrected chi connectivity index (χ4v) is 3.90. The standard InChI is InChI=1S/C25H28N2O6/c1-4-26-9-11-27(12-10-26)24(28)16-32-19-5-7-20-22(15-19)33-23(25(20)29)14-17-13-18(30-2)6-8-21(17)31-3/h5-8,13-15H,4,9-12,16H2,1-3H3. The van der Waals surface area contributed by atoms with E-state index in [-0.39, 0.29) is 24.1 Å². The van der Waals surface area contributed by atoms with Crippen LogP contribution in [-0.4, -0.2) is 75.0 Å². The Morgan fingerprint density at radius 3 is 2.48 bits per heavy atom. The fourth-order valence-electron chi connectivity index (χ4n) is 3.90. The van der Waals surface area contributed by atoms with Gasteiger partial charge in [0.25, 0.3) is 5.91 Å². The van der Waals surface area contributed by atoms with Crippen LogP contribution < -0.4 is 18.9 Å². The smallest absolute Gasteiger partial charge is 0.260 e. The maximum Gasteiger partial charge on any atom is 0.260 e. The molecule has 2 aliphatic rings. The molecule has 0 radical (unpaired) electrons. The van der Waals surface area contributed by atoms with Crippen LogP contribution in [0.15, 0.2) is 42.2 Å². The predicted molar refractivity (Wildman–Crippen MR) is 123 cm³/mol. The maximum atomic E-state index is 12.8. The molecule has 4 rings (SSSR count). The van der Waals surface area contributed by atoms with E-state index in [9.17, 15) is 9.59 Å². The molecule has 0 atom stereocenters. The molecule has 0 bridgehead atoms. The van der Waals surface area contributed by atoms with Crippen molar-refractivity contribution >= 4 is 17.8 Å². The molecule has 0 aliphatic carbocycles. The minimum Gasteiger partial charge on any atom is -0.497 e. The summed E-state index contributed by atoms with van der Waals surface area (Å²) < 4.78 is 22.2. The number of ether oxygens (including phenoxy) is 4. The molecule has 0 N–H and O–H groups in total. The Balaban J connectivity index is 1.43. The van der Waals surface area contributed by atoms with Crippen LogP contribution in [0.25, 0.3) is 6.08 Å². The minimum atomic E-state index is -0.230. The first-order valence-corrected chi connectivity index (χ1v) is 11.0. The van der Waals surface area contributed by atoms with E-state index in [1.807, 2.05) is 4.90 Å². The van der Waals surface area contributed by atoms with Gasteiger partial charge in [-0.05, 0) is 43.0 Å². The molecule has 2 aromatic carbocycles. The second kappa shape index (κ2) is 9.95. The van der Waals surface area contributed by atoms with Gasteiger partial charge in [-0.2, -0.15) is 0 Å². The van der Waals surface area contributed by atoms with Crippen molar-refractivity contribution in [2.75, 3.05) is 53.6 Å². The largest absolute Gasteiger partial charge is 0.497 e. The van der Waals surface area contributed by atoms with E-state index in [0.29, 0.717) is 47.2 Å². The number of carbonyl (C=O) groups is 2. The van der Waals surface area contributed by atoms with Gasteiger partial charge in [-0.3, -0.25) is 9.59 Å². The van der Waals surface area contributed by atoms with Gasteiger partial charge in [0.2, 0.25) is 5.78 Å². The number of allylic oxidation sites excluding steroid dienone is 1. The molecule has 33 heavy (non-hydrogen) atoms. The Morgan fingerprint density at radius 2 is 1.79 bits per heavy atom. The summed E-state index contributed by atoms with van der Waals surface area (Å²) in [4.78, 5) is 29.4. The first kappa shape index (κ1) is 22.7. The molecule has 0 saturated carbocycles. The predicted octanol–water partition coefficient (Wildman–Crippen LogP) is 2.86. The number of rotatable bonds is 7. The van der Waals surface area contributed by atoms with Crippen LogP contribution >= 0.6 is 0 Å². The van der Waals surface area contributed by atoms with Crippen LogP contribution in [0.3, 0.4) is 0 Å². The number of benzene rings is 2. The summed E-state index contributed by atoms with van der Waals surface area (Å²) in [7, 11) is 3.13. The summed E-state index contributed by atoms with van der Waals surface area (Å²) in [5.74, 6) is 2.01. The molecule has 2 aliphatic heterocycles. The van der Waals surface area contributed by atoms with Gasteiger partial charge in [-0.15, -0.1) is 0 Å². The Hall–Kier alpha value is -3.52. The quantitative estimate of drug-likeness (QED) is 0.598. The topological polar surface area (TPSA) is 77.5 Å². The average Bonchev–Trinajstić information content (AvgIpc) is 3.16. The van der Waals surface area contributed by atoms with Crippen molar-refractivity contribution in [3.63, 3.8) is 0 Å². The van der Waals surface area contributed by atoms with Crippen LogP contribution in [0.1, 0.15) is 22.8 Å². The van der Waals surface area contributed by atoms with Crippen LogP contribution in [0.5, 0.6) is 23.0 Å². The van der Waals surface area contributed by atoms with E-state index < -0.39 is 0 Å². The van der Waals surface area contributed by atoms with Gasteiger partial charge in [-0.1, -0.05) is 6.92 Å². The Kier molecular flexibility index (Phi) is 6.84. The molecule has 1 fully saturated rings. The van der Waals surface area contributed by atoms with Crippen molar-refractivity contribution in [3.8, 4) is 23.0 Å². The maximum absolute atomic E-state index is 12.8. The first-order valence-electron chi connectivity index (χ1n) is 11.0. The zero-order valence-corrected chi connectivity index (χ0v) is 19.1. The number of methoxy groups -OCH3 is 2. The third-order valence-corrected chi connectivity index (χ3v) is 5.90. The molecule has 2 heterocycles. The van der Waals surface area contributed by atoms with Gasteiger partial charge < -0.3 is 28.7 Å². The molecule has 174 valence electrons. The van der Waals surface area contributed by atoms with Crippen molar-refractivity contribution in [3.05, 3.63) is 53.3 Å². The molecule has 1 amide bonds. The van der Waals surface area contributed by atoms with Gasteiger partial charge in [0.1, 0.15) is 23.0 Å². The molecule has 8 heteroatoms. The van der Waals surface area contributed by atoms with Crippen LogP contribution in [0.2, 0.25) is 0 Å². The normalized spacial score (nSPS) is 17.0. The molecule has 0 unspecified atom stereocenters. The summed E-state index contributed by atoms with van der Waals surface area (Å²) in [5, 5.41) is 0. The lowest BCUT2D eigenvalue weighted by atomic mass is 10.1. The van der Waals surface area contributed by atoms with Crippen molar-refractivity contribution in [1.29, 1.82) is 0 Å². The second-order valence-corrected chi connectivity index (χ2v) is 7.81. The highest BCUT2D eigenvalue weighted by Gasteiger charge is 2.28. The van der Waals surface area contributed by atoms with Gasteiger partial charge in [0.05, 0.1) is 19.8 Å². The van der Waals surface area contributed by atoms with Gasteiger partial charge in [0, 0.05) is 37.8 Å². The lowest BCUT2D eigenvalue weighted by Gasteiger charge is -2.33. The van der Waals surface area contributed by atoms with Gasteiger partial charge in [0.15, 0.2) is 12.4 Å². The van der Waals surface area contributed by atoms with E-state index in [2.05, 4.69) is 11.8 Å². The summed E-state index contributed by atoms with van der Waals surface area (Å²) in [6.45, 7) is 6.24. The third-order valence-electron chi connectivity index (χ3n) is 5.90. The number of amides is 1. The number of carbonyl (C=O) groups excluding carboxylic acids is 2. The van der Waals surface area contributed by atoms with Crippen molar-refractivity contribution < 1.29 is 28.5 Å². The summed E-state index contributed by atoms with van der Waals surface area (Å²) in [6.07, 6.45) is 1.63.